The Morgan fingerprint density at radius 1 is 1.47 bits per heavy atom. The molecule has 15 heavy (non-hydrogen) atoms. The summed E-state index contributed by atoms with van der Waals surface area (Å²) in [4.78, 5) is 0. The van der Waals surface area contributed by atoms with Gasteiger partial charge >= 0.3 is 0 Å². The van der Waals surface area contributed by atoms with E-state index in [4.69, 9.17) is 0 Å². The fourth-order valence-electron chi connectivity index (χ4n) is 2.34. The second kappa shape index (κ2) is 4.67. The van der Waals surface area contributed by atoms with E-state index in [0.29, 0.717) is 11.8 Å². The summed E-state index contributed by atoms with van der Waals surface area (Å²) >= 11 is 0. The topological polar surface area (TPSA) is 32.3 Å². The van der Waals surface area contributed by atoms with E-state index in [2.05, 4.69) is 18.3 Å². The Hall–Kier alpha value is -1.02. The molecule has 1 fully saturated rings. The molecule has 2 unspecified atom stereocenters. The maximum absolute atomic E-state index is 9.37. The molecule has 1 aromatic carbocycles. The van der Waals surface area contributed by atoms with Gasteiger partial charge in [-0.3, -0.25) is 0 Å². The zero-order valence-corrected chi connectivity index (χ0v) is 9.24. The number of nitrogens with one attached hydrogen (secondary N) is 1. The number of phenols is 1. The molecule has 1 saturated heterocycles. The summed E-state index contributed by atoms with van der Waals surface area (Å²) < 4.78 is 0. The van der Waals surface area contributed by atoms with Crippen LogP contribution < -0.4 is 5.32 Å². The molecular weight excluding hydrogens is 186 g/mol. The summed E-state index contributed by atoms with van der Waals surface area (Å²) in [6, 6.07) is 8.16. The van der Waals surface area contributed by atoms with Crippen LogP contribution in [0.2, 0.25) is 0 Å². The normalized spacial score (nSPS) is 26.5. The molecule has 0 aromatic heterocycles. The summed E-state index contributed by atoms with van der Waals surface area (Å²) in [5, 5.41) is 12.9. The van der Waals surface area contributed by atoms with Gasteiger partial charge in [0.25, 0.3) is 0 Å². The quantitative estimate of drug-likeness (QED) is 0.776. The predicted octanol–water partition coefficient (Wildman–Crippen LogP) is 2.32. The highest BCUT2D eigenvalue weighted by atomic mass is 16.3. The highest BCUT2D eigenvalue weighted by Gasteiger charge is 2.18. The van der Waals surface area contributed by atoms with Crippen molar-refractivity contribution in [2.45, 2.75) is 32.2 Å². The first kappa shape index (κ1) is 10.5. The lowest BCUT2D eigenvalue weighted by Gasteiger charge is -2.28. The van der Waals surface area contributed by atoms with Gasteiger partial charge in [0, 0.05) is 6.04 Å². The average Bonchev–Trinajstić information content (AvgIpc) is 2.17. The van der Waals surface area contributed by atoms with E-state index >= 15 is 0 Å². The molecule has 0 radical (unpaired) electrons. The van der Waals surface area contributed by atoms with E-state index in [-0.39, 0.29) is 0 Å². The molecular formula is C13H19NO. The first-order chi connectivity index (χ1) is 7.24. The SMILES string of the molecule is CC1CCNC(Cc2cccc(O)c2)C1. The highest BCUT2D eigenvalue weighted by Crippen LogP contribution is 2.19. The predicted molar refractivity (Wildman–Crippen MR) is 62.0 cm³/mol. The molecule has 2 atom stereocenters. The molecule has 2 rings (SSSR count). The van der Waals surface area contributed by atoms with Crippen molar-refractivity contribution in [3.05, 3.63) is 29.8 Å². The lowest BCUT2D eigenvalue weighted by Crippen LogP contribution is -2.38. The largest absolute Gasteiger partial charge is 0.508 e. The summed E-state index contributed by atoms with van der Waals surface area (Å²) in [6.07, 6.45) is 3.56. The van der Waals surface area contributed by atoms with Crippen LogP contribution in [0, 0.1) is 5.92 Å². The number of benzene rings is 1. The van der Waals surface area contributed by atoms with Gasteiger partial charge in [0.05, 0.1) is 0 Å². The second-order valence-electron chi connectivity index (χ2n) is 4.65. The number of aromatic hydroxyl groups is 1. The van der Waals surface area contributed by atoms with Gasteiger partial charge in [-0.15, -0.1) is 0 Å². The molecule has 2 N–H and O–H groups in total. The third kappa shape index (κ3) is 2.96. The van der Waals surface area contributed by atoms with E-state index < -0.39 is 0 Å². The van der Waals surface area contributed by atoms with Crippen LogP contribution in [0.25, 0.3) is 0 Å². The van der Waals surface area contributed by atoms with Gasteiger partial charge < -0.3 is 10.4 Å². The number of phenolic OH excluding ortho intramolecular Hbond substituents is 1. The summed E-state index contributed by atoms with van der Waals surface area (Å²) in [6.45, 7) is 3.45. The fourth-order valence-corrected chi connectivity index (χ4v) is 2.34. The third-order valence-corrected chi connectivity index (χ3v) is 3.15. The number of piperidine rings is 1. The first-order valence-corrected chi connectivity index (χ1v) is 5.75. The molecule has 1 aliphatic heterocycles. The first-order valence-electron chi connectivity index (χ1n) is 5.75. The maximum Gasteiger partial charge on any atom is 0.115 e. The molecule has 0 saturated carbocycles. The molecule has 82 valence electrons. The van der Waals surface area contributed by atoms with Crippen LogP contribution in [0.1, 0.15) is 25.3 Å². The molecule has 0 spiro atoms. The van der Waals surface area contributed by atoms with Gasteiger partial charge in [0.1, 0.15) is 5.75 Å². The maximum atomic E-state index is 9.37. The molecule has 0 bridgehead atoms. The van der Waals surface area contributed by atoms with E-state index in [9.17, 15) is 5.11 Å². The lowest BCUT2D eigenvalue weighted by molar-refractivity contribution is 0.318. The Bertz CT molecular complexity index is 324. The number of hydrogen-bond acceptors (Lipinski definition) is 2. The Balaban J connectivity index is 1.96. The van der Waals surface area contributed by atoms with Crippen molar-refractivity contribution in [2.75, 3.05) is 6.54 Å². The van der Waals surface area contributed by atoms with Crippen LogP contribution in [-0.4, -0.2) is 17.7 Å². The van der Waals surface area contributed by atoms with Crippen LogP contribution >= 0.6 is 0 Å². The molecule has 0 aliphatic carbocycles. The summed E-state index contributed by atoms with van der Waals surface area (Å²) in [5.41, 5.74) is 1.22. The van der Waals surface area contributed by atoms with Crippen LogP contribution in [0.3, 0.4) is 0 Å². The molecule has 2 nitrogen and oxygen atoms in total. The van der Waals surface area contributed by atoms with E-state index in [1.54, 1.807) is 6.07 Å². The van der Waals surface area contributed by atoms with E-state index in [1.807, 2.05) is 12.1 Å². The van der Waals surface area contributed by atoms with Gasteiger partial charge in [0.15, 0.2) is 0 Å². The van der Waals surface area contributed by atoms with Crippen molar-refractivity contribution >= 4 is 0 Å². The van der Waals surface area contributed by atoms with Gasteiger partial charge in [-0.1, -0.05) is 19.1 Å². The fraction of sp³-hybridized carbons (Fsp3) is 0.538. The van der Waals surface area contributed by atoms with E-state index in [0.717, 1.165) is 18.9 Å². The van der Waals surface area contributed by atoms with Crippen molar-refractivity contribution < 1.29 is 5.11 Å². The van der Waals surface area contributed by atoms with Crippen LogP contribution in [-0.2, 0) is 6.42 Å². The zero-order valence-electron chi connectivity index (χ0n) is 9.24. The van der Waals surface area contributed by atoms with Crippen molar-refractivity contribution in [3.63, 3.8) is 0 Å². The van der Waals surface area contributed by atoms with Crippen molar-refractivity contribution in [2.24, 2.45) is 5.92 Å². The Morgan fingerprint density at radius 2 is 2.33 bits per heavy atom. The monoisotopic (exact) mass is 205 g/mol. The Kier molecular flexibility index (Phi) is 3.27. The highest BCUT2D eigenvalue weighted by molar-refractivity contribution is 5.27. The molecule has 1 aliphatic rings. The summed E-state index contributed by atoms with van der Waals surface area (Å²) in [5.74, 6) is 1.20. The lowest BCUT2D eigenvalue weighted by atomic mass is 9.90. The zero-order chi connectivity index (χ0) is 10.7. The Morgan fingerprint density at radius 3 is 3.07 bits per heavy atom. The molecule has 0 amide bonds. The van der Waals surface area contributed by atoms with Gasteiger partial charge in [-0.05, 0) is 49.4 Å². The number of hydrogen-bond donors (Lipinski definition) is 2. The van der Waals surface area contributed by atoms with Crippen molar-refractivity contribution in [3.8, 4) is 5.75 Å². The minimum absolute atomic E-state index is 0.372. The second-order valence-corrected chi connectivity index (χ2v) is 4.65. The van der Waals surface area contributed by atoms with Crippen molar-refractivity contribution in [1.82, 2.24) is 5.32 Å². The van der Waals surface area contributed by atoms with Gasteiger partial charge in [-0.25, -0.2) is 0 Å². The third-order valence-electron chi connectivity index (χ3n) is 3.15. The van der Waals surface area contributed by atoms with Crippen molar-refractivity contribution in [1.29, 1.82) is 0 Å². The minimum Gasteiger partial charge on any atom is -0.508 e. The molecule has 2 heteroatoms. The minimum atomic E-state index is 0.372. The van der Waals surface area contributed by atoms with Gasteiger partial charge in [0.2, 0.25) is 0 Å². The van der Waals surface area contributed by atoms with Gasteiger partial charge in [-0.2, -0.15) is 0 Å². The summed E-state index contributed by atoms with van der Waals surface area (Å²) in [7, 11) is 0. The van der Waals surface area contributed by atoms with Crippen LogP contribution in [0.4, 0.5) is 0 Å². The molecule has 1 aromatic rings. The smallest absolute Gasteiger partial charge is 0.115 e. The number of rotatable bonds is 2. The standard InChI is InChI=1S/C13H19NO/c1-10-5-6-14-12(7-10)8-11-3-2-4-13(15)9-11/h2-4,9-10,12,14-15H,5-8H2,1H3. The average molecular weight is 205 g/mol. The van der Waals surface area contributed by atoms with Crippen LogP contribution in [0.5, 0.6) is 5.75 Å². The van der Waals surface area contributed by atoms with Crippen LogP contribution in [0.15, 0.2) is 24.3 Å². The van der Waals surface area contributed by atoms with E-state index in [1.165, 1.54) is 18.4 Å². The Labute approximate surface area is 91.3 Å². The molecule has 1 heterocycles.